The predicted octanol–water partition coefficient (Wildman–Crippen LogP) is 2.16. The highest BCUT2D eigenvalue weighted by Gasteiger charge is 2.04. The third-order valence-electron chi connectivity index (χ3n) is 3.48. The average molecular weight is 348 g/mol. The highest BCUT2D eigenvalue weighted by molar-refractivity contribution is 7.09. The summed E-state index contributed by atoms with van der Waals surface area (Å²) in [7, 11) is 3.26. The number of rotatable bonds is 8. The summed E-state index contributed by atoms with van der Waals surface area (Å²) < 4.78 is 10.5. The van der Waals surface area contributed by atoms with Gasteiger partial charge < -0.3 is 20.5 Å². The molecule has 0 fully saturated rings. The molecule has 2 aromatic rings. The maximum Gasteiger partial charge on any atom is 0.188 e. The van der Waals surface area contributed by atoms with Gasteiger partial charge >= 0.3 is 0 Å². The van der Waals surface area contributed by atoms with Crippen molar-refractivity contribution in [3.05, 3.63) is 39.8 Å². The van der Waals surface area contributed by atoms with Gasteiger partial charge in [-0.2, -0.15) is 0 Å². The largest absolute Gasteiger partial charge is 0.493 e. The van der Waals surface area contributed by atoms with Crippen molar-refractivity contribution in [3.63, 3.8) is 0 Å². The van der Waals surface area contributed by atoms with Crippen LogP contribution in [-0.4, -0.2) is 38.3 Å². The second-order valence-corrected chi connectivity index (χ2v) is 6.30. The van der Waals surface area contributed by atoms with Crippen LogP contribution in [0.4, 0.5) is 0 Å². The van der Waals surface area contributed by atoms with Crippen LogP contribution in [0.5, 0.6) is 11.5 Å². The van der Waals surface area contributed by atoms with E-state index in [-0.39, 0.29) is 0 Å². The van der Waals surface area contributed by atoms with E-state index in [2.05, 4.69) is 20.7 Å². The van der Waals surface area contributed by atoms with Gasteiger partial charge in [-0.05, 0) is 31.0 Å². The molecule has 0 unspecified atom stereocenters. The topological polar surface area (TPSA) is 81.8 Å². The molecule has 3 N–H and O–H groups in total. The van der Waals surface area contributed by atoms with Gasteiger partial charge in [0.2, 0.25) is 0 Å². The van der Waals surface area contributed by atoms with Crippen LogP contribution in [-0.2, 0) is 12.8 Å². The number of nitrogens with zero attached hydrogens (tertiary/aromatic N) is 2. The van der Waals surface area contributed by atoms with Crippen molar-refractivity contribution in [1.82, 2.24) is 10.3 Å². The minimum atomic E-state index is 0.461. The van der Waals surface area contributed by atoms with Gasteiger partial charge in [0, 0.05) is 24.9 Å². The first-order valence-electron chi connectivity index (χ1n) is 7.78. The highest BCUT2D eigenvalue weighted by Crippen LogP contribution is 2.27. The molecule has 1 heterocycles. The van der Waals surface area contributed by atoms with Crippen LogP contribution in [0.1, 0.15) is 16.3 Å². The van der Waals surface area contributed by atoms with Gasteiger partial charge in [-0.3, -0.25) is 4.99 Å². The number of hydrogen-bond acceptors (Lipinski definition) is 5. The Morgan fingerprint density at radius 2 is 2.04 bits per heavy atom. The summed E-state index contributed by atoms with van der Waals surface area (Å²) in [5.74, 6) is 1.92. The lowest BCUT2D eigenvalue weighted by Gasteiger charge is -2.10. The highest BCUT2D eigenvalue weighted by atomic mass is 32.1. The maximum absolute atomic E-state index is 5.89. The van der Waals surface area contributed by atoms with Crippen LogP contribution in [0.2, 0.25) is 0 Å². The number of ether oxygens (including phenoxy) is 2. The molecule has 7 heteroatoms. The van der Waals surface area contributed by atoms with Gasteiger partial charge in [0.25, 0.3) is 0 Å². The van der Waals surface area contributed by atoms with Gasteiger partial charge in [0.05, 0.1) is 24.9 Å². The third kappa shape index (κ3) is 5.42. The molecular weight excluding hydrogens is 324 g/mol. The van der Waals surface area contributed by atoms with Crippen molar-refractivity contribution in [1.29, 1.82) is 0 Å². The quantitative estimate of drug-likeness (QED) is 0.564. The number of nitrogens with two attached hydrogens (primary N) is 1. The first-order valence-corrected chi connectivity index (χ1v) is 8.66. The Morgan fingerprint density at radius 1 is 1.25 bits per heavy atom. The normalized spacial score (nSPS) is 11.4. The number of methoxy groups -OCH3 is 2. The van der Waals surface area contributed by atoms with Gasteiger partial charge in [-0.25, -0.2) is 4.98 Å². The van der Waals surface area contributed by atoms with Crippen LogP contribution < -0.4 is 20.5 Å². The average Bonchev–Trinajstić information content (AvgIpc) is 3.00. The zero-order valence-electron chi connectivity index (χ0n) is 14.3. The number of nitrogens with one attached hydrogen (secondary N) is 1. The number of aryl methyl sites for hydroxylation is 1. The predicted molar refractivity (Wildman–Crippen MR) is 98.3 cm³/mol. The smallest absolute Gasteiger partial charge is 0.188 e. The van der Waals surface area contributed by atoms with Crippen molar-refractivity contribution >= 4 is 17.3 Å². The van der Waals surface area contributed by atoms with Crippen LogP contribution in [0.3, 0.4) is 0 Å². The van der Waals surface area contributed by atoms with Crippen LogP contribution in [0, 0.1) is 6.92 Å². The number of aliphatic imine (C=N–C) groups is 1. The molecule has 0 spiro atoms. The lowest BCUT2D eigenvalue weighted by atomic mass is 10.1. The van der Waals surface area contributed by atoms with E-state index >= 15 is 0 Å². The number of guanidine groups is 1. The molecule has 6 nitrogen and oxygen atoms in total. The minimum Gasteiger partial charge on any atom is -0.493 e. The number of hydrogen-bond donors (Lipinski definition) is 2. The molecule has 0 atom stereocenters. The molecule has 130 valence electrons. The van der Waals surface area contributed by atoms with E-state index in [1.54, 1.807) is 25.6 Å². The Balaban J connectivity index is 1.75. The van der Waals surface area contributed by atoms with E-state index in [1.165, 1.54) is 0 Å². The first kappa shape index (κ1) is 18.1. The van der Waals surface area contributed by atoms with Crippen molar-refractivity contribution in [3.8, 4) is 11.5 Å². The van der Waals surface area contributed by atoms with E-state index in [0.717, 1.165) is 40.6 Å². The maximum atomic E-state index is 5.89. The molecule has 0 aliphatic rings. The Kier molecular flexibility index (Phi) is 6.87. The van der Waals surface area contributed by atoms with Crippen LogP contribution >= 0.6 is 11.3 Å². The molecule has 24 heavy (non-hydrogen) atoms. The summed E-state index contributed by atoms with van der Waals surface area (Å²) in [4.78, 5) is 8.73. The van der Waals surface area contributed by atoms with Gasteiger partial charge in [-0.1, -0.05) is 6.07 Å². The molecule has 0 radical (unpaired) electrons. The zero-order valence-corrected chi connectivity index (χ0v) is 15.2. The Bertz CT molecular complexity index is 685. The molecule has 1 aromatic heterocycles. The van der Waals surface area contributed by atoms with Crippen LogP contribution in [0.25, 0.3) is 0 Å². The lowest BCUT2D eigenvalue weighted by molar-refractivity contribution is 0.354. The number of aromatic nitrogens is 1. The van der Waals surface area contributed by atoms with E-state index in [0.29, 0.717) is 19.0 Å². The van der Waals surface area contributed by atoms with Crippen molar-refractivity contribution in [2.45, 2.75) is 19.8 Å². The number of benzene rings is 1. The van der Waals surface area contributed by atoms with Gasteiger partial charge in [0.15, 0.2) is 17.5 Å². The standard InChI is InChI=1S/C17H24N4O2S/c1-12-21-14(11-24-12)7-9-20-17(18)19-8-6-13-4-5-15(22-2)16(10-13)23-3/h4-5,10-11H,6-9H2,1-3H3,(H3,18,19,20). The lowest BCUT2D eigenvalue weighted by Crippen LogP contribution is -2.33. The Hall–Kier alpha value is -2.28. The summed E-state index contributed by atoms with van der Waals surface area (Å²) in [6.07, 6.45) is 1.63. The SMILES string of the molecule is COc1ccc(CCNC(N)=NCCc2csc(C)n2)cc1OC. The van der Waals surface area contributed by atoms with Crippen molar-refractivity contribution in [2.24, 2.45) is 10.7 Å². The molecule has 2 rings (SSSR count). The molecule has 1 aromatic carbocycles. The monoisotopic (exact) mass is 348 g/mol. The first-order chi connectivity index (χ1) is 11.6. The van der Waals surface area contributed by atoms with Gasteiger partial charge in [0.1, 0.15) is 0 Å². The minimum absolute atomic E-state index is 0.461. The van der Waals surface area contributed by atoms with Crippen molar-refractivity contribution in [2.75, 3.05) is 27.3 Å². The van der Waals surface area contributed by atoms with Gasteiger partial charge in [-0.15, -0.1) is 11.3 Å². The Morgan fingerprint density at radius 3 is 2.71 bits per heavy atom. The second-order valence-electron chi connectivity index (χ2n) is 5.24. The molecule has 0 bridgehead atoms. The fraction of sp³-hybridized carbons (Fsp3) is 0.412. The third-order valence-corrected chi connectivity index (χ3v) is 4.31. The second kappa shape index (κ2) is 9.12. The zero-order chi connectivity index (χ0) is 17.4. The van der Waals surface area contributed by atoms with E-state index < -0.39 is 0 Å². The summed E-state index contributed by atoms with van der Waals surface area (Å²) in [5.41, 5.74) is 8.10. The van der Waals surface area contributed by atoms with E-state index in [4.69, 9.17) is 15.2 Å². The fourth-order valence-electron chi connectivity index (χ4n) is 2.24. The van der Waals surface area contributed by atoms with Crippen LogP contribution in [0.15, 0.2) is 28.6 Å². The molecule has 0 amide bonds. The summed E-state index contributed by atoms with van der Waals surface area (Å²) in [6, 6.07) is 5.89. The molecular formula is C17H24N4O2S. The molecule has 0 aliphatic carbocycles. The molecule has 0 saturated heterocycles. The number of thiazole rings is 1. The van der Waals surface area contributed by atoms with E-state index in [9.17, 15) is 0 Å². The summed E-state index contributed by atoms with van der Waals surface area (Å²) >= 11 is 1.65. The van der Waals surface area contributed by atoms with E-state index in [1.807, 2.05) is 25.1 Å². The Labute approximate surface area is 146 Å². The summed E-state index contributed by atoms with van der Waals surface area (Å²) in [5, 5.41) is 6.27. The molecule has 0 aliphatic heterocycles. The summed E-state index contributed by atoms with van der Waals surface area (Å²) in [6.45, 7) is 3.35. The van der Waals surface area contributed by atoms with Crippen molar-refractivity contribution < 1.29 is 9.47 Å². The fourth-order valence-corrected chi connectivity index (χ4v) is 2.89. The molecule has 0 saturated carbocycles.